The van der Waals surface area contributed by atoms with Gasteiger partial charge in [0.15, 0.2) is 0 Å². The van der Waals surface area contributed by atoms with Gasteiger partial charge in [0.25, 0.3) is 5.91 Å². The number of amides is 2. The molecule has 0 saturated carbocycles. The average molecular weight is 383 g/mol. The molecule has 148 valence electrons. The maximum atomic E-state index is 13.0. The third-order valence-corrected chi connectivity index (χ3v) is 5.61. The number of carbonyl (C=O) groups is 2. The summed E-state index contributed by atoms with van der Waals surface area (Å²) in [4.78, 5) is 28.5. The number of nitrogens with zero attached hydrogens (tertiary/aromatic N) is 3. The van der Waals surface area contributed by atoms with E-state index in [-0.39, 0.29) is 23.8 Å². The summed E-state index contributed by atoms with van der Waals surface area (Å²) in [5.41, 5.74) is 2.33. The van der Waals surface area contributed by atoms with Crippen LogP contribution in [0.2, 0.25) is 0 Å². The second-order valence-corrected chi connectivity index (χ2v) is 7.58. The van der Waals surface area contributed by atoms with E-state index < -0.39 is 0 Å². The summed E-state index contributed by atoms with van der Waals surface area (Å²) in [6.07, 6.45) is 2.14. The summed E-state index contributed by atoms with van der Waals surface area (Å²) in [6, 6.07) is 9.25. The molecule has 28 heavy (non-hydrogen) atoms. The fourth-order valence-corrected chi connectivity index (χ4v) is 4.13. The molecule has 2 aromatic rings. The first-order chi connectivity index (χ1) is 13.5. The lowest BCUT2D eigenvalue weighted by atomic mass is 10.0. The molecule has 2 amide bonds. The molecule has 4 rings (SSSR count). The van der Waals surface area contributed by atoms with E-state index in [1.54, 1.807) is 24.1 Å². The standard InChI is InChI=1S/C21H25N3O4/c1-14-10-18(28-22-14)11-16-12-23(13-19(16)27-2)21(26)15-5-7-17(8-6-15)24-9-3-4-20(24)25/h5-8,10,16,19H,3-4,9,11-13H2,1-2H3/t16-,19+/m1/s1. The average Bonchev–Trinajstić information content (AvgIpc) is 3.42. The molecule has 2 atom stereocenters. The SMILES string of the molecule is CO[C@H]1CN(C(=O)c2ccc(N3CCCC3=O)cc2)C[C@H]1Cc1cc(C)no1. The Labute approximate surface area is 164 Å². The highest BCUT2D eigenvalue weighted by Gasteiger charge is 2.36. The van der Waals surface area contributed by atoms with Gasteiger partial charge < -0.3 is 19.1 Å². The van der Waals surface area contributed by atoms with Gasteiger partial charge in [-0.05, 0) is 37.6 Å². The summed E-state index contributed by atoms with van der Waals surface area (Å²) >= 11 is 0. The van der Waals surface area contributed by atoms with Crippen LogP contribution in [0.3, 0.4) is 0 Å². The Morgan fingerprint density at radius 3 is 2.68 bits per heavy atom. The van der Waals surface area contributed by atoms with Crippen molar-refractivity contribution in [3.05, 3.63) is 47.3 Å². The van der Waals surface area contributed by atoms with Crippen LogP contribution in [0.15, 0.2) is 34.9 Å². The Morgan fingerprint density at radius 1 is 1.29 bits per heavy atom. The van der Waals surface area contributed by atoms with E-state index in [1.165, 1.54) is 0 Å². The molecule has 0 radical (unpaired) electrons. The van der Waals surface area contributed by atoms with E-state index in [2.05, 4.69) is 5.16 Å². The van der Waals surface area contributed by atoms with Crippen LogP contribution in [0.1, 0.15) is 34.7 Å². The van der Waals surface area contributed by atoms with Crippen molar-refractivity contribution in [2.24, 2.45) is 5.92 Å². The Morgan fingerprint density at radius 2 is 2.07 bits per heavy atom. The largest absolute Gasteiger partial charge is 0.379 e. The molecule has 1 aromatic carbocycles. The first-order valence-electron chi connectivity index (χ1n) is 9.70. The first-order valence-corrected chi connectivity index (χ1v) is 9.70. The predicted octanol–water partition coefficient (Wildman–Crippen LogP) is 2.44. The summed E-state index contributed by atoms with van der Waals surface area (Å²) < 4.78 is 10.9. The first kappa shape index (κ1) is 18.7. The van der Waals surface area contributed by atoms with Crippen molar-refractivity contribution >= 4 is 17.5 Å². The summed E-state index contributed by atoms with van der Waals surface area (Å²) in [6.45, 7) is 3.81. The maximum absolute atomic E-state index is 13.0. The Hall–Kier alpha value is -2.67. The molecule has 0 N–H and O–H groups in total. The zero-order valence-corrected chi connectivity index (χ0v) is 16.3. The molecule has 0 spiro atoms. The molecular weight excluding hydrogens is 358 g/mol. The highest BCUT2D eigenvalue weighted by atomic mass is 16.5. The van der Waals surface area contributed by atoms with Crippen LogP contribution in [0, 0.1) is 12.8 Å². The van der Waals surface area contributed by atoms with Crippen LogP contribution >= 0.6 is 0 Å². The number of hydrogen-bond acceptors (Lipinski definition) is 5. The zero-order valence-electron chi connectivity index (χ0n) is 16.3. The molecule has 0 unspecified atom stereocenters. The topological polar surface area (TPSA) is 75.9 Å². The number of carbonyl (C=O) groups excluding carboxylic acids is 2. The van der Waals surface area contributed by atoms with Crippen LogP contribution < -0.4 is 4.90 Å². The van der Waals surface area contributed by atoms with Crippen molar-refractivity contribution in [3.63, 3.8) is 0 Å². The predicted molar refractivity (Wildman–Crippen MR) is 103 cm³/mol. The summed E-state index contributed by atoms with van der Waals surface area (Å²) in [5.74, 6) is 1.12. The van der Waals surface area contributed by atoms with Crippen LogP contribution in [0.4, 0.5) is 5.69 Å². The van der Waals surface area contributed by atoms with E-state index >= 15 is 0 Å². The number of aromatic nitrogens is 1. The summed E-state index contributed by atoms with van der Waals surface area (Å²) in [5, 5.41) is 3.93. The number of methoxy groups -OCH3 is 1. The number of anilines is 1. The lowest BCUT2D eigenvalue weighted by Crippen LogP contribution is -2.30. The normalized spacial score (nSPS) is 22.3. The lowest BCUT2D eigenvalue weighted by molar-refractivity contribution is -0.117. The molecule has 7 nitrogen and oxygen atoms in total. The van der Waals surface area contributed by atoms with Gasteiger partial charge in [-0.25, -0.2) is 0 Å². The fraction of sp³-hybridized carbons (Fsp3) is 0.476. The van der Waals surface area contributed by atoms with Crippen LogP contribution in [0.5, 0.6) is 0 Å². The second kappa shape index (κ2) is 7.75. The van der Waals surface area contributed by atoms with Crippen molar-refractivity contribution in [1.82, 2.24) is 10.1 Å². The molecule has 2 aliphatic heterocycles. The van der Waals surface area contributed by atoms with Gasteiger partial charge in [0, 0.05) is 62.8 Å². The monoisotopic (exact) mass is 383 g/mol. The van der Waals surface area contributed by atoms with Gasteiger partial charge in [-0.2, -0.15) is 0 Å². The molecule has 0 aliphatic carbocycles. The number of aryl methyl sites for hydroxylation is 1. The number of hydrogen-bond donors (Lipinski definition) is 0. The molecular formula is C21H25N3O4. The highest BCUT2D eigenvalue weighted by Crippen LogP contribution is 2.27. The number of ether oxygens (including phenoxy) is 1. The van der Waals surface area contributed by atoms with Gasteiger partial charge in [0.1, 0.15) is 5.76 Å². The lowest BCUT2D eigenvalue weighted by Gasteiger charge is -2.18. The number of rotatable bonds is 5. The Bertz CT molecular complexity index is 861. The Kier molecular flexibility index (Phi) is 5.17. The van der Waals surface area contributed by atoms with Gasteiger partial charge in [-0.15, -0.1) is 0 Å². The molecule has 2 fully saturated rings. The second-order valence-electron chi connectivity index (χ2n) is 7.58. The van der Waals surface area contributed by atoms with E-state index in [1.807, 2.05) is 30.0 Å². The van der Waals surface area contributed by atoms with E-state index in [9.17, 15) is 9.59 Å². The molecule has 7 heteroatoms. The molecule has 3 heterocycles. The minimum Gasteiger partial charge on any atom is -0.379 e. The molecule has 0 bridgehead atoms. The fourth-order valence-electron chi connectivity index (χ4n) is 4.13. The third kappa shape index (κ3) is 3.67. The van der Waals surface area contributed by atoms with Crippen molar-refractivity contribution in [2.45, 2.75) is 32.3 Å². The molecule has 2 aliphatic rings. The van der Waals surface area contributed by atoms with Crippen molar-refractivity contribution < 1.29 is 18.8 Å². The van der Waals surface area contributed by atoms with E-state index in [4.69, 9.17) is 9.26 Å². The number of benzene rings is 1. The van der Waals surface area contributed by atoms with Crippen molar-refractivity contribution in [2.75, 3.05) is 31.6 Å². The van der Waals surface area contributed by atoms with Crippen LogP contribution in [-0.2, 0) is 16.0 Å². The van der Waals surface area contributed by atoms with Gasteiger partial charge in [-0.1, -0.05) is 5.16 Å². The minimum absolute atomic E-state index is 0.0161. The summed E-state index contributed by atoms with van der Waals surface area (Å²) in [7, 11) is 1.68. The minimum atomic E-state index is -0.0316. The Balaban J connectivity index is 1.43. The van der Waals surface area contributed by atoms with Gasteiger partial charge in [0.05, 0.1) is 11.8 Å². The van der Waals surface area contributed by atoms with E-state index in [0.717, 1.165) is 30.1 Å². The maximum Gasteiger partial charge on any atom is 0.253 e. The van der Waals surface area contributed by atoms with Crippen LogP contribution in [-0.4, -0.2) is 54.7 Å². The zero-order chi connectivity index (χ0) is 19.7. The smallest absolute Gasteiger partial charge is 0.253 e. The van der Waals surface area contributed by atoms with Gasteiger partial charge >= 0.3 is 0 Å². The number of likely N-dealkylation sites (tertiary alicyclic amines) is 1. The van der Waals surface area contributed by atoms with Gasteiger partial charge in [0.2, 0.25) is 5.91 Å². The highest BCUT2D eigenvalue weighted by molar-refractivity contribution is 5.97. The van der Waals surface area contributed by atoms with Crippen molar-refractivity contribution in [3.8, 4) is 0 Å². The quantitative estimate of drug-likeness (QED) is 0.793. The van der Waals surface area contributed by atoms with Crippen molar-refractivity contribution in [1.29, 1.82) is 0 Å². The van der Waals surface area contributed by atoms with E-state index in [0.29, 0.717) is 31.5 Å². The third-order valence-electron chi connectivity index (χ3n) is 5.61. The van der Waals surface area contributed by atoms with Gasteiger partial charge in [-0.3, -0.25) is 9.59 Å². The molecule has 2 saturated heterocycles. The van der Waals surface area contributed by atoms with Crippen LogP contribution in [0.25, 0.3) is 0 Å². The molecule has 1 aromatic heterocycles.